The van der Waals surface area contributed by atoms with E-state index in [-0.39, 0.29) is 10.6 Å². The first-order chi connectivity index (χ1) is 8.99. The number of carbonyl (C=O) groups is 1. The average molecular weight is 280 g/mol. The number of hydrogen-bond acceptors (Lipinski definition) is 4. The lowest BCUT2D eigenvalue weighted by Crippen LogP contribution is -2.52. The second kappa shape index (κ2) is 4.86. The Labute approximate surface area is 114 Å². The summed E-state index contributed by atoms with van der Waals surface area (Å²) in [5.41, 5.74) is -1.46. The van der Waals surface area contributed by atoms with Gasteiger partial charge in [-0.2, -0.15) is 5.26 Å². The molecule has 19 heavy (non-hydrogen) atoms. The van der Waals surface area contributed by atoms with Crippen molar-refractivity contribution in [1.82, 2.24) is 5.32 Å². The second-order valence-electron chi connectivity index (χ2n) is 4.39. The Morgan fingerprint density at radius 1 is 1.53 bits per heavy atom. The van der Waals surface area contributed by atoms with E-state index in [1.807, 2.05) is 6.07 Å². The minimum absolute atomic E-state index is 0.0998. The first-order valence-corrected chi connectivity index (χ1v) is 6.03. The Hall–Kier alpha value is -2.13. The maximum atomic E-state index is 12.1. The monoisotopic (exact) mass is 279 g/mol. The Kier molecular flexibility index (Phi) is 3.40. The molecule has 1 aliphatic rings. The lowest BCUT2D eigenvalue weighted by atomic mass is 9.78. The van der Waals surface area contributed by atoms with Crippen molar-refractivity contribution in [3.63, 3.8) is 0 Å². The van der Waals surface area contributed by atoms with Crippen LogP contribution in [-0.4, -0.2) is 16.4 Å². The van der Waals surface area contributed by atoms with Gasteiger partial charge in [-0.05, 0) is 31.4 Å². The van der Waals surface area contributed by atoms with Crippen molar-refractivity contribution in [3.8, 4) is 6.07 Å². The fraction of sp³-hybridized carbons (Fsp3) is 0.333. The Morgan fingerprint density at radius 3 is 2.68 bits per heavy atom. The van der Waals surface area contributed by atoms with Crippen LogP contribution in [0.1, 0.15) is 29.6 Å². The first-order valence-electron chi connectivity index (χ1n) is 5.66. The Balaban J connectivity index is 2.32. The van der Waals surface area contributed by atoms with E-state index in [2.05, 4.69) is 5.32 Å². The molecule has 6 nitrogen and oxygen atoms in total. The molecule has 1 aliphatic carbocycles. The van der Waals surface area contributed by atoms with Crippen LogP contribution in [0, 0.1) is 21.4 Å². The summed E-state index contributed by atoms with van der Waals surface area (Å²) in [6.45, 7) is 0. The molecule has 0 spiro atoms. The molecule has 1 N–H and O–H groups in total. The molecule has 2 rings (SSSR count). The summed E-state index contributed by atoms with van der Waals surface area (Å²) in [7, 11) is 0. The van der Waals surface area contributed by atoms with Crippen molar-refractivity contribution in [1.29, 1.82) is 5.26 Å². The van der Waals surface area contributed by atoms with Crippen molar-refractivity contribution in [2.24, 2.45) is 0 Å². The van der Waals surface area contributed by atoms with Gasteiger partial charge < -0.3 is 5.32 Å². The molecule has 0 atom stereocenters. The average Bonchev–Trinajstić information content (AvgIpc) is 2.32. The van der Waals surface area contributed by atoms with Gasteiger partial charge in [-0.3, -0.25) is 14.9 Å². The molecule has 0 heterocycles. The molecule has 1 amide bonds. The standard InChI is InChI=1S/C12H10ClN3O3/c13-9-4-1-3-8(10(9)16(18)19)11(17)15-12(7-14)5-2-6-12/h1,3-4H,2,5-6H2,(H,15,17). The van der Waals surface area contributed by atoms with Crippen LogP contribution in [0.4, 0.5) is 5.69 Å². The van der Waals surface area contributed by atoms with Gasteiger partial charge in [0.25, 0.3) is 5.91 Å². The maximum Gasteiger partial charge on any atom is 0.300 e. The van der Waals surface area contributed by atoms with Gasteiger partial charge >= 0.3 is 5.69 Å². The van der Waals surface area contributed by atoms with Crippen LogP contribution in [0.15, 0.2) is 18.2 Å². The van der Waals surface area contributed by atoms with Crippen LogP contribution in [0.3, 0.4) is 0 Å². The number of para-hydroxylation sites is 1. The summed E-state index contributed by atoms with van der Waals surface area (Å²) < 4.78 is 0. The molecule has 98 valence electrons. The maximum absolute atomic E-state index is 12.1. The molecule has 0 unspecified atom stereocenters. The molecule has 0 radical (unpaired) electrons. The predicted octanol–water partition coefficient (Wildman–Crippen LogP) is 2.42. The van der Waals surface area contributed by atoms with Crippen LogP contribution in [0.2, 0.25) is 5.02 Å². The molecule has 7 heteroatoms. The molecular weight excluding hydrogens is 270 g/mol. The minimum Gasteiger partial charge on any atom is -0.333 e. The van der Waals surface area contributed by atoms with Gasteiger partial charge in [-0.15, -0.1) is 0 Å². The number of nitrogens with one attached hydrogen (secondary N) is 1. The van der Waals surface area contributed by atoms with E-state index in [0.29, 0.717) is 12.8 Å². The fourth-order valence-corrected chi connectivity index (χ4v) is 2.21. The zero-order valence-electron chi connectivity index (χ0n) is 9.85. The van der Waals surface area contributed by atoms with E-state index in [0.717, 1.165) is 6.42 Å². The summed E-state index contributed by atoms with van der Waals surface area (Å²) in [6, 6.07) is 6.18. The number of benzene rings is 1. The Bertz CT molecular complexity index is 590. The fourth-order valence-electron chi connectivity index (χ4n) is 1.96. The lowest BCUT2D eigenvalue weighted by molar-refractivity contribution is -0.385. The van der Waals surface area contributed by atoms with Gasteiger partial charge in [0, 0.05) is 0 Å². The van der Waals surface area contributed by atoms with E-state index in [1.165, 1.54) is 18.2 Å². The van der Waals surface area contributed by atoms with Crippen LogP contribution >= 0.6 is 11.6 Å². The summed E-state index contributed by atoms with van der Waals surface area (Å²) in [6.07, 6.45) is 1.97. The van der Waals surface area contributed by atoms with Crippen molar-refractivity contribution >= 4 is 23.2 Å². The van der Waals surface area contributed by atoms with Gasteiger partial charge in [-0.25, -0.2) is 0 Å². The number of rotatable bonds is 3. The van der Waals surface area contributed by atoms with Gasteiger partial charge in [0.15, 0.2) is 0 Å². The molecule has 1 fully saturated rings. The number of carbonyl (C=O) groups excluding carboxylic acids is 1. The van der Waals surface area contributed by atoms with Crippen LogP contribution < -0.4 is 5.32 Å². The first kappa shape index (κ1) is 13.3. The summed E-state index contributed by atoms with van der Waals surface area (Å²) in [4.78, 5) is 22.3. The smallest absolute Gasteiger partial charge is 0.300 e. The number of amides is 1. The second-order valence-corrected chi connectivity index (χ2v) is 4.80. The number of nitriles is 1. The summed E-state index contributed by atoms with van der Waals surface area (Å²) in [5, 5.41) is 22.4. The highest BCUT2D eigenvalue weighted by atomic mass is 35.5. The number of nitro groups is 1. The summed E-state index contributed by atoms with van der Waals surface area (Å²) in [5.74, 6) is -0.643. The number of halogens is 1. The normalized spacial score (nSPS) is 16.0. The highest BCUT2D eigenvalue weighted by Crippen LogP contribution is 2.33. The van der Waals surface area contributed by atoms with Crippen molar-refractivity contribution in [2.45, 2.75) is 24.8 Å². The van der Waals surface area contributed by atoms with Gasteiger partial charge in [0.1, 0.15) is 16.1 Å². The molecule has 0 aromatic heterocycles. The van der Waals surface area contributed by atoms with E-state index >= 15 is 0 Å². The highest BCUT2D eigenvalue weighted by molar-refractivity contribution is 6.33. The third-order valence-electron chi connectivity index (χ3n) is 3.19. The van der Waals surface area contributed by atoms with E-state index in [4.69, 9.17) is 16.9 Å². The molecule has 0 aliphatic heterocycles. The van der Waals surface area contributed by atoms with E-state index < -0.39 is 22.1 Å². The van der Waals surface area contributed by atoms with Crippen molar-refractivity contribution < 1.29 is 9.72 Å². The van der Waals surface area contributed by atoms with Crippen LogP contribution in [-0.2, 0) is 0 Å². The largest absolute Gasteiger partial charge is 0.333 e. The van der Waals surface area contributed by atoms with E-state index in [1.54, 1.807) is 0 Å². The minimum atomic E-state index is -0.896. The summed E-state index contributed by atoms with van der Waals surface area (Å²) >= 11 is 5.73. The quantitative estimate of drug-likeness (QED) is 0.679. The number of nitro benzene ring substituents is 1. The zero-order chi connectivity index (χ0) is 14.0. The zero-order valence-corrected chi connectivity index (χ0v) is 10.6. The third kappa shape index (κ3) is 2.37. The van der Waals surface area contributed by atoms with Crippen molar-refractivity contribution in [2.75, 3.05) is 0 Å². The predicted molar refractivity (Wildman–Crippen MR) is 67.8 cm³/mol. The highest BCUT2D eigenvalue weighted by Gasteiger charge is 2.40. The van der Waals surface area contributed by atoms with E-state index in [9.17, 15) is 14.9 Å². The number of hydrogen-bond donors (Lipinski definition) is 1. The third-order valence-corrected chi connectivity index (χ3v) is 3.49. The Morgan fingerprint density at radius 2 is 2.21 bits per heavy atom. The molecule has 1 aromatic carbocycles. The topological polar surface area (TPSA) is 96.0 Å². The van der Waals surface area contributed by atoms with Gasteiger partial charge in [0.2, 0.25) is 0 Å². The molecule has 0 bridgehead atoms. The SMILES string of the molecule is N#CC1(NC(=O)c2cccc(Cl)c2[N+](=O)[O-])CCC1. The molecule has 0 saturated heterocycles. The number of nitrogens with zero attached hydrogens (tertiary/aromatic N) is 2. The van der Waals surface area contributed by atoms with Crippen LogP contribution in [0.25, 0.3) is 0 Å². The molecule has 1 aromatic rings. The van der Waals surface area contributed by atoms with Crippen molar-refractivity contribution in [3.05, 3.63) is 38.9 Å². The van der Waals surface area contributed by atoms with Gasteiger partial charge in [0.05, 0.1) is 11.0 Å². The lowest BCUT2D eigenvalue weighted by Gasteiger charge is -2.35. The molecule has 1 saturated carbocycles. The molecular formula is C12H10ClN3O3. The van der Waals surface area contributed by atoms with Crippen LogP contribution in [0.5, 0.6) is 0 Å². The van der Waals surface area contributed by atoms with Gasteiger partial charge in [-0.1, -0.05) is 17.7 Å².